The minimum Gasteiger partial charge on any atom is -0.378 e. The molecule has 7 heterocycles. The van der Waals surface area contributed by atoms with Crippen molar-refractivity contribution in [3.05, 3.63) is 293 Å². The third kappa shape index (κ3) is 64.8. The normalized spacial score (nSPS) is 22.6. The van der Waals surface area contributed by atoms with Gasteiger partial charge < -0.3 is 28.4 Å². The topological polar surface area (TPSA) is 107 Å². The Morgan fingerprint density at radius 1 is 0.252 bits per heavy atom. The third-order valence-electron chi connectivity index (χ3n) is 24.1. The molecule has 8 atom stereocenters. The molecule has 4 aliphatic heterocycles. The molecule has 10 nitrogen and oxygen atoms in total. The second-order valence-electron chi connectivity index (χ2n) is 40.0. The summed E-state index contributed by atoms with van der Waals surface area (Å²) in [5.41, 5.74) is 17.4. The summed E-state index contributed by atoms with van der Waals surface area (Å²) in [6.07, 6.45) is 39.6. The summed E-state index contributed by atoms with van der Waals surface area (Å²) >= 11 is 0. The number of ether oxygens (including phenoxy) is 6. The minimum atomic E-state index is -0.475. The number of allylic oxidation sites excluding steroid dienone is 6. The Hall–Kier alpha value is -7.96. The first-order valence-electron chi connectivity index (χ1n) is 50.1. The van der Waals surface area contributed by atoms with Crippen molar-refractivity contribution in [3.8, 4) is 0 Å². The molecule has 5 aromatic carbocycles. The Bertz CT molecular complexity index is 3920. The molecule has 8 aliphatic rings. The summed E-state index contributed by atoms with van der Waals surface area (Å²) in [4.78, 5) is 15.8. The molecule has 0 spiro atoms. The van der Waals surface area contributed by atoms with Crippen molar-refractivity contribution < 1.29 is 54.8 Å². The van der Waals surface area contributed by atoms with Crippen molar-refractivity contribution in [1.29, 1.82) is 0 Å². The molecule has 0 bridgehead atoms. The molecule has 16 rings (SSSR count). The Morgan fingerprint density at radius 3 is 0.852 bits per heavy atom. The Morgan fingerprint density at radius 2 is 0.578 bits per heavy atom. The third-order valence-corrected chi connectivity index (χ3v) is 24.1. The molecule has 4 aliphatic carbocycles. The molecule has 3 aromatic heterocycles. The number of hydrogen-bond acceptors (Lipinski definition) is 10. The van der Waals surface area contributed by atoms with Gasteiger partial charge in [-0.3, -0.25) is 9.97 Å². The maximum Gasteiger partial charge on any atom is 0.154 e. The lowest BCUT2D eigenvalue weighted by atomic mass is 9.84. The van der Waals surface area contributed by atoms with Gasteiger partial charge in [0.1, 0.15) is 40.7 Å². The van der Waals surface area contributed by atoms with E-state index in [1.54, 1.807) is 70.2 Å². The quantitative estimate of drug-likeness (QED) is 0.108. The summed E-state index contributed by atoms with van der Waals surface area (Å²) in [5.74, 6) is 7.67. The van der Waals surface area contributed by atoms with Crippen LogP contribution in [0.1, 0.15) is 309 Å². The van der Waals surface area contributed by atoms with Crippen LogP contribution in [0.15, 0.2) is 163 Å². The highest BCUT2D eigenvalue weighted by Gasteiger charge is 2.18. The van der Waals surface area contributed by atoms with Gasteiger partial charge in [-0.2, -0.15) is 0 Å². The molecule has 135 heavy (non-hydrogen) atoms. The summed E-state index contributed by atoms with van der Waals surface area (Å²) in [6, 6.07) is 30.6. The van der Waals surface area contributed by atoms with E-state index in [1.807, 2.05) is 119 Å². The number of aryl methyl sites for hydroxylation is 15. The van der Waals surface area contributed by atoms with Crippen LogP contribution in [-0.4, -0.2) is 84.4 Å². The van der Waals surface area contributed by atoms with Gasteiger partial charge >= 0.3 is 0 Å². The standard InChI is InChI=1S/C9H11F.C8H8F2.2C8H9F.C8H16.3C8H14.C8H10.C7H8FN.C7H9N.2C7H14O.C6H8N2.2C6H12O2/c1-6-4-7(2)8(3)9(10)5-6;1-5-3-7(9)6(2)8(10)4-5;2*1-6-3-4-7(2)8(9)5-6;5*1-7-3-5-8(2)6-4-7;1-5-3-7(8)6(2)9-4-5;3*1-6-3-4-7(2)8-5-6;3*1-5-3-7-6(2)8-4-5/h4-5H,1-3H3;3-4H,1-2H3;2*3-5H,1-2H3;7-8H,3-6H2,1-2H3;2*3,8H,4-6H2,1-2H3;3,5,7-8H,4,6H2,1-2H3;3-6H,1-2H3;3-4H,1-2H3;3-5H,1-2H3;2*6-7H,3-5H2,1-2H3;3-4H,1-2H3;2*5-6H,3-4H2,1-2H3. The van der Waals surface area contributed by atoms with E-state index in [1.165, 1.54) is 157 Å². The van der Waals surface area contributed by atoms with Crippen LogP contribution in [0.25, 0.3) is 0 Å². The lowest BCUT2D eigenvalue weighted by Crippen LogP contribution is -2.27. The lowest BCUT2D eigenvalue weighted by molar-refractivity contribution is -0.187. The fourth-order valence-corrected chi connectivity index (χ4v) is 13.5. The van der Waals surface area contributed by atoms with Crippen molar-refractivity contribution >= 4 is 0 Å². The van der Waals surface area contributed by atoms with E-state index >= 15 is 0 Å². The van der Waals surface area contributed by atoms with E-state index in [0.717, 1.165) is 137 Å². The van der Waals surface area contributed by atoms with Crippen LogP contribution in [0.5, 0.6) is 0 Å². The number of pyridine rings is 2. The molecule has 4 saturated heterocycles. The van der Waals surface area contributed by atoms with Crippen molar-refractivity contribution in [3.63, 3.8) is 0 Å². The molecular formula is C119H182F6N4O6. The van der Waals surface area contributed by atoms with Gasteiger partial charge in [0.2, 0.25) is 0 Å². The maximum absolute atomic E-state index is 12.8. The van der Waals surface area contributed by atoms with E-state index in [0.29, 0.717) is 46.4 Å². The van der Waals surface area contributed by atoms with Crippen molar-refractivity contribution in [2.24, 2.45) is 59.2 Å². The molecule has 1 saturated carbocycles. The van der Waals surface area contributed by atoms with Gasteiger partial charge in [0.25, 0.3) is 0 Å². The molecule has 16 heteroatoms. The number of halogens is 6. The van der Waals surface area contributed by atoms with E-state index in [4.69, 9.17) is 28.4 Å². The Balaban J connectivity index is 0.000000720. The smallest absolute Gasteiger partial charge is 0.154 e. The zero-order chi connectivity index (χ0) is 102. The highest BCUT2D eigenvalue weighted by molar-refractivity contribution is 5.31. The Labute approximate surface area is 818 Å². The first-order chi connectivity index (χ1) is 63.5. The van der Waals surface area contributed by atoms with Crippen LogP contribution < -0.4 is 0 Å². The molecule has 8 aromatic rings. The molecule has 756 valence electrons. The van der Waals surface area contributed by atoms with Crippen molar-refractivity contribution in [2.75, 3.05) is 39.6 Å². The maximum atomic E-state index is 12.8. The highest BCUT2D eigenvalue weighted by Crippen LogP contribution is 2.29. The first kappa shape index (κ1) is 125. The van der Waals surface area contributed by atoms with E-state index in [2.05, 4.69) is 185 Å². The Kier molecular flexibility index (Phi) is 66.2. The second kappa shape index (κ2) is 71.5. The first-order valence-corrected chi connectivity index (χ1v) is 50.1. The van der Waals surface area contributed by atoms with E-state index in [9.17, 15) is 26.3 Å². The number of benzene rings is 5. The van der Waals surface area contributed by atoms with Gasteiger partial charge in [-0.15, -0.1) is 0 Å². The second-order valence-corrected chi connectivity index (χ2v) is 40.0. The largest absolute Gasteiger partial charge is 0.378 e. The van der Waals surface area contributed by atoms with Crippen LogP contribution in [0.2, 0.25) is 0 Å². The molecule has 5 fully saturated rings. The number of rotatable bonds is 0. The van der Waals surface area contributed by atoms with Crippen LogP contribution in [0.3, 0.4) is 0 Å². The van der Waals surface area contributed by atoms with Crippen molar-refractivity contribution in [2.45, 2.75) is 356 Å². The van der Waals surface area contributed by atoms with Crippen LogP contribution >= 0.6 is 0 Å². The monoisotopic (exact) mass is 1880 g/mol. The fourth-order valence-electron chi connectivity index (χ4n) is 13.5. The molecule has 0 radical (unpaired) electrons. The van der Waals surface area contributed by atoms with Crippen LogP contribution in [0, 0.1) is 212 Å². The number of nitrogens with zero attached hydrogens (tertiary/aromatic N) is 4. The van der Waals surface area contributed by atoms with Gasteiger partial charge in [-0.1, -0.05) is 202 Å². The molecular weight excluding hydrogens is 1700 g/mol. The SMILES string of the molecule is CC1=CCC(C)CC1.CC1=CCC(C)CC1.CC1C=CC(C)CC1.CC1CCC(C)CC1.CC1CCC(C)OC1.CC1CCC(C)OC1.CC1COC(C)OC1.CC1COC(C)OC1.Cc1cc(C)c(C)c(F)c1.Cc1cc(F)c(C)c(F)c1.Cc1ccc(C)c(F)c1.Cc1ccc(C)c(F)c1.Cc1ccc(C)cc1.Cc1ccc(C)nc1.Cc1cnc(C)c(F)c1.Cc1cnc(C)nc1. The van der Waals surface area contributed by atoms with Crippen LogP contribution in [0.4, 0.5) is 26.3 Å². The predicted molar refractivity (Wildman–Crippen MR) is 559 cm³/mol. The lowest BCUT2D eigenvalue weighted by Gasteiger charge is -2.24. The summed E-state index contributed by atoms with van der Waals surface area (Å²) in [6.45, 7) is 72.1. The average Bonchev–Trinajstić information content (AvgIpc) is 0.871. The van der Waals surface area contributed by atoms with Crippen molar-refractivity contribution in [1.82, 2.24) is 19.9 Å². The van der Waals surface area contributed by atoms with Gasteiger partial charge in [0.05, 0.1) is 44.3 Å². The molecule has 0 amide bonds. The molecule has 0 N–H and O–H groups in total. The molecule has 8 unspecified atom stereocenters. The summed E-state index contributed by atoms with van der Waals surface area (Å²) in [7, 11) is 0. The van der Waals surface area contributed by atoms with Gasteiger partial charge in [0, 0.05) is 61.1 Å². The fraction of sp³-hybridized carbons (Fsp3) is 0.580. The van der Waals surface area contributed by atoms with Gasteiger partial charge in [0.15, 0.2) is 12.6 Å². The zero-order valence-electron chi connectivity index (χ0n) is 90.1. The summed E-state index contributed by atoms with van der Waals surface area (Å²) < 4.78 is 107. The predicted octanol–water partition coefficient (Wildman–Crippen LogP) is 33.8. The van der Waals surface area contributed by atoms with Gasteiger partial charge in [-0.25, -0.2) is 36.3 Å². The van der Waals surface area contributed by atoms with Gasteiger partial charge in [-0.05, 0) is 387 Å². The highest BCUT2D eigenvalue weighted by atomic mass is 19.2. The van der Waals surface area contributed by atoms with Crippen LogP contribution in [-0.2, 0) is 28.4 Å². The minimum absolute atomic E-state index is 0.0196. The summed E-state index contributed by atoms with van der Waals surface area (Å²) in [5, 5.41) is 0. The number of aromatic nitrogens is 4. The average molecular weight is 1880 g/mol. The number of hydrogen-bond donors (Lipinski definition) is 0. The van der Waals surface area contributed by atoms with E-state index in [-0.39, 0.29) is 41.4 Å². The van der Waals surface area contributed by atoms with E-state index < -0.39 is 11.6 Å². The zero-order valence-corrected chi connectivity index (χ0v) is 90.1.